The Morgan fingerprint density at radius 2 is 2.21 bits per heavy atom. The SMILES string of the molecule is COCCCNc1cc(-c2nc(C(=O)Nc3cn(C)nc3C(N)=O)co2)ccn1. The Labute approximate surface area is 166 Å². The Morgan fingerprint density at radius 1 is 1.38 bits per heavy atom. The molecule has 0 unspecified atom stereocenters. The number of ether oxygens (including phenoxy) is 1. The molecular formula is C18H21N7O4. The number of amides is 2. The maximum Gasteiger partial charge on any atom is 0.277 e. The lowest BCUT2D eigenvalue weighted by molar-refractivity contribution is 0.0995. The number of nitrogens with two attached hydrogens (primary N) is 1. The number of anilines is 2. The number of primary amides is 1. The Morgan fingerprint density at radius 3 is 2.97 bits per heavy atom. The zero-order valence-corrected chi connectivity index (χ0v) is 16.0. The molecule has 0 radical (unpaired) electrons. The predicted molar refractivity (Wildman–Crippen MR) is 104 cm³/mol. The lowest BCUT2D eigenvalue weighted by Gasteiger charge is -2.05. The minimum absolute atomic E-state index is 0.0390. The van der Waals surface area contributed by atoms with Crippen LogP contribution in [0.5, 0.6) is 0 Å². The van der Waals surface area contributed by atoms with Crippen molar-refractivity contribution in [2.24, 2.45) is 12.8 Å². The van der Waals surface area contributed by atoms with Crippen molar-refractivity contribution in [2.75, 3.05) is 30.9 Å². The van der Waals surface area contributed by atoms with E-state index in [-0.39, 0.29) is 23.0 Å². The molecule has 152 valence electrons. The predicted octanol–water partition coefficient (Wildman–Crippen LogP) is 1.27. The third kappa shape index (κ3) is 4.96. The first-order chi connectivity index (χ1) is 14.0. The van der Waals surface area contributed by atoms with Crippen molar-refractivity contribution >= 4 is 23.3 Å². The molecule has 0 atom stereocenters. The van der Waals surface area contributed by atoms with Crippen molar-refractivity contribution in [1.29, 1.82) is 0 Å². The lowest BCUT2D eigenvalue weighted by Crippen LogP contribution is -2.18. The van der Waals surface area contributed by atoms with E-state index in [9.17, 15) is 9.59 Å². The van der Waals surface area contributed by atoms with Crippen molar-refractivity contribution in [2.45, 2.75) is 6.42 Å². The number of pyridine rings is 1. The number of aryl methyl sites for hydroxylation is 1. The van der Waals surface area contributed by atoms with Crippen LogP contribution in [-0.4, -0.2) is 51.8 Å². The average Bonchev–Trinajstić information content (AvgIpc) is 3.33. The van der Waals surface area contributed by atoms with E-state index in [4.69, 9.17) is 14.9 Å². The molecule has 0 aliphatic rings. The molecule has 3 aromatic rings. The van der Waals surface area contributed by atoms with Crippen LogP contribution in [0.15, 0.2) is 35.2 Å². The molecule has 0 aliphatic heterocycles. The summed E-state index contributed by atoms with van der Waals surface area (Å²) in [4.78, 5) is 32.3. The third-order valence-electron chi connectivity index (χ3n) is 3.89. The molecule has 4 N–H and O–H groups in total. The first-order valence-corrected chi connectivity index (χ1v) is 8.77. The topological polar surface area (TPSA) is 150 Å². The van der Waals surface area contributed by atoms with E-state index in [0.29, 0.717) is 24.5 Å². The zero-order valence-electron chi connectivity index (χ0n) is 16.0. The first-order valence-electron chi connectivity index (χ1n) is 8.77. The summed E-state index contributed by atoms with van der Waals surface area (Å²) in [5.74, 6) is -0.380. The van der Waals surface area contributed by atoms with Crippen LogP contribution in [-0.2, 0) is 11.8 Å². The van der Waals surface area contributed by atoms with Gasteiger partial charge in [-0.3, -0.25) is 14.3 Å². The van der Waals surface area contributed by atoms with Crippen molar-refractivity contribution in [3.8, 4) is 11.5 Å². The number of carbonyl (C=O) groups excluding carboxylic acids is 2. The van der Waals surface area contributed by atoms with Gasteiger partial charge in [-0.05, 0) is 18.6 Å². The Hall–Kier alpha value is -3.73. The van der Waals surface area contributed by atoms with E-state index >= 15 is 0 Å². The van der Waals surface area contributed by atoms with Crippen molar-refractivity contribution in [3.63, 3.8) is 0 Å². The number of rotatable bonds is 9. The standard InChI is InChI=1S/C18H21N7O4/c1-25-9-12(15(24-25)16(19)26)22-17(27)13-10-29-18(23-13)11-4-6-21-14(8-11)20-5-3-7-28-2/h4,6,8-10H,3,5,7H2,1-2H3,(H2,19,26)(H,20,21)(H,22,27). The number of oxazole rings is 1. The smallest absolute Gasteiger partial charge is 0.277 e. The zero-order chi connectivity index (χ0) is 20.8. The van der Waals surface area contributed by atoms with Crippen LogP contribution in [0.4, 0.5) is 11.5 Å². The second kappa shape index (κ2) is 8.97. The highest BCUT2D eigenvalue weighted by atomic mass is 16.5. The number of hydrogen-bond donors (Lipinski definition) is 3. The minimum Gasteiger partial charge on any atom is -0.444 e. The fraction of sp³-hybridized carbons (Fsp3) is 0.278. The van der Waals surface area contributed by atoms with Crippen LogP contribution in [0.25, 0.3) is 11.5 Å². The van der Waals surface area contributed by atoms with Gasteiger partial charge in [0.15, 0.2) is 11.4 Å². The van der Waals surface area contributed by atoms with Gasteiger partial charge >= 0.3 is 0 Å². The molecular weight excluding hydrogens is 378 g/mol. The maximum absolute atomic E-state index is 12.5. The van der Waals surface area contributed by atoms with Crippen molar-refractivity contribution in [1.82, 2.24) is 19.7 Å². The van der Waals surface area contributed by atoms with Crippen LogP contribution < -0.4 is 16.4 Å². The summed E-state index contributed by atoms with van der Waals surface area (Å²) in [7, 11) is 3.26. The second-order valence-electron chi connectivity index (χ2n) is 6.12. The minimum atomic E-state index is -0.746. The van der Waals surface area contributed by atoms with Crippen LogP contribution >= 0.6 is 0 Å². The van der Waals surface area contributed by atoms with Crippen LogP contribution in [0, 0.1) is 0 Å². The summed E-state index contributed by atoms with van der Waals surface area (Å²) in [5.41, 5.74) is 6.13. The van der Waals surface area contributed by atoms with E-state index in [1.165, 1.54) is 17.1 Å². The molecule has 3 heterocycles. The molecule has 29 heavy (non-hydrogen) atoms. The third-order valence-corrected chi connectivity index (χ3v) is 3.89. The highest BCUT2D eigenvalue weighted by molar-refractivity contribution is 6.07. The van der Waals surface area contributed by atoms with Gasteiger partial charge in [0.25, 0.3) is 11.8 Å². The van der Waals surface area contributed by atoms with Crippen LogP contribution in [0.3, 0.4) is 0 Å². The van der Waals surface area contributed by atoms with Crippen LogP contribution in [0.1, 0.15) is 27.4 Å². The molecule has 2 amide bonds. The van der Waals surface area contributed by atoms with E-state index < -0.39 is 11.8 Å². The van der Waals surface area contributed by atoms with Gasteiger partial charge in [-0.25, -0.2) is 9.97 Å². The van der Waals surface area contributed by atoms with E-state index in [0.717, 1.165) is 6.42 Å². The number of methoxy groups -OCH3 is 1. The molecule has 11 nitrogen and oxygen atoms in total. The highest BCUT2D eigenvalue weighted by Gasteiger charge is 2.19. The molecule has 0 aliphatic carbocycles. The molecule has 0 saturated heterocycles. The van der Waals surface area contributed by atoms with Gasteiger partial charge in [0.1, 0.15) is 12.1 Å². The van der Waals surface area contributed by atoms with E-state index in [1.807, 2.05) is 0 Å². The number of carbonyl (C=O) groups is 2. The van der Waals surface area contributed by atoms with E-state index in [1.54, 1.807) is 32.5 Å². The molecule has 0 bridgehead atoms. The summed E-state index contributed by atoms with van der Waals surface area (Å²) in [6, 6.07) is 3.49. The second-order valence-corrected chi connectivity index (χ2v) is 6.12. The summed E-state index contributed by atoms with van der Waals surface area (Å²) < 4.78 is 11.8. The maximum atomic E-state index is 12.5. The van der Waals surface area contributed by atoms with Gasteiger partial charge in [0.05, 0.1) is 5.69 Å². The van der Waals surface area contributed by atoms with Crippen molar-refractivity contribution in [3.05, 3.63) is 42.2 Å². The molecule has 0 spiro atoms. The summed E-state index contributed by atoms with van der Waals surface area (Å²) in [5, 5.41) is 9.66. The lowest BCUT2D eigenvalue weighted by atomic mass is 10.2. The number of aromatic nitrogens is 4. The van der Waals surface area contributed by atoms with Gasteiger partial charge in [-0.2, -0.15) is 5.10 Å². The molecule has 0 saturated carbocycles. The first kappa shape index (κ1) is 20.0. The largest absolute Gasteiger partial charge is 0.444 e. The van der Waals surface area contributed by atoms with Gasteiger partial charge in [-0.1, -0.05) is 0 Å². The Kier molecular flexibility index (Phi) is 6.19. The summed E-state index contributed by atoms with van der Waals surface area (Å²) in [6.45, 7) is 1.36. The fourth-order valence-electron chi connectivity index (χ4n) is 2.55. The summed E-state index contributed by atoms with van der Waals surface area (Å²) >= 11 is 0. The van der Waals surface area contributed by atoms with Gasteiger partial charge in [-0.15, -0.1) is 0 Å². The average molecular weight is 399 g/mol. The molecule has 0 aromatic carbocycles. The number of nitrogens with zero attached hydrogens (tertiary/aromatic N) is 4. The van der Waals surface area contributed by atoms with Crippen LogP contribution in [0.2, 0.25) is 0 Å². The van der Waals surface area contributed by atoms with Gasteiger partial charge < -0.3 is 25.5 Å². The highest BCUT2D eigenvalue weighted by Crippen LogP contribution is 2.21. The van der Waals surface area contributed by atoms with E-state index in [2.05, 4.69) is 25.7 Å². The molecule has 3 rings (SSSR count). The van der Waals surface area contributed by atoms with Gasteiger partial charge in [0.2, 0.25) is 5.89 Å². The molecule has 11 heteroatoms. The van der Waals surface area contributed by atoms with Crippen molar-refractivity contribution < 1.29 is 18.7 Å². The monoisotopic (exact) mass is 399 g/mol. The summed E-state index contributed by atoms with van der Waals surface area (Å²) in [6.07, 6.45) is 5.17. The Balaban J connectivity index is 1.70. The Bertz CT molecular complexity index is 1010. The quantitative estimate of drug-likeness (QED) is 0.455. The normalized spacial score (nSPS) is 10.7. The van der Waals surface area contributed by atoms with Gasteiger partial charge in [0, 0.05) is 45.3 Å². The molecule has 3 aromatic heterocycles. The fourth-order valence-corrected chi connectivity index (χ4v) is 2.55. The number of hydrogen-bond acceptors (Lipinski definition) is 8. The molecule has 0 fully saturated rings. The number of nitrogens with one attached hydrogen (secondary N) is 2.